The molecule has 0 spiro atoms. The molecule has 26 heavy (non-hydrogen) atoms. The summed E-state index contributed by atoms with van der Waals surface area (Å²) in [5.74, 6) is -1.14. The van der Waals surface area contributed by atoms with E-state index in [2.05, 4.69) is 29.1 Å². The van der Waals surface area contributed by atoms with Crippen LogP contribution in [0.2, 0.25) is 0 Å². The minimum absolute atomic E-state index is 0.268. The van der Waals surface area contributed by atoms with Gasteiger partial charge in [0.15, 0.2) is 0 Å². The van der Waals surface area contributed by atoms with E-state index in [1.165, 1.54) is 4.90 Å². The molecule has 1 unspecified atom stereocenters. The molecular formula is C21H17BrN2O2. The second kappa shape index (κ2) is 6.67. The second-order valence-corrected chi connectivity index (χ2v) is 7.57. The standard InChI is InChI=1S/C21H17BrN2O2/c1-24-11-14(9-13-5-4-6-15(22)10-13)20-17(12-24)19(21(25)26)16-7-2-3-8-18(16)23-20/h2-10H,11-12H2,1H3,(H,25,26)/b14-9+. The number of rotatable bonds is 2. The normalized spacial score (nSPS) is 18.1. The van der Waals surface area contributed by atoms with Crippen LogP contribution in [0.5, 0.6) is 0 Å². The van der Waals surface area contributed by atoms with Crippen LogP contribution in [0.15, 0.2) is 53.0 Å². The van der Waals surface area contributed by atoms with Crippen molar-refractivity contribution in [2.24, 2.45) is 0 Å². The fourth-order valence-corrected chi connectivity index (χ4v) is 4.03. The highest BCUT2D eigenvalue weighted by Crippen LogP contribution is 2.29. The number of carboxylic acid groups (broad SMARTS) is 1. The van der Waals surface area contributed by atoms with Crippen molar-refractivity contribution in [1.29, 1.82) is 0 Å². The van der Waals surface area contributed by atoms with Gasteiger partial charge >= 0.3 is 0 Å². The number of carbonyl (C=O) groups is 1. The average molecular weight is 409 g/mol. The highest BCUT2D eigenvalue weighted by atomic mass is 79.9. The van der Waals surface area contributed by atoms with Crippen molar-refractivity contribution >= 4 is 44.5 Å². The molecule has 5 heteroatoms. The Hall–Kier alpha value is -2.50. The van der Waals surface area contributed by atoms with Crippen LogP contribution in [0.3, 0.4) is 0 Å². The second-order valence-electron chi connectivity index (χ2n) is 6.65. The molecule has 1 aliphatic heterocycles. The fourth-order valence-electron chi connectivity index (χ4n) is 3.61. The molecule has 0 aliphatic carbocycles. The van der Waals surface area contributed by atoms with Gasteiger partial charge in [-0.2, -0.15) is 0 Å². The van der Waals surface area contributed by atoms with Crippen LogP contribution in [-0.4, -0.2) is 24.5 Å². The highest BCUT2D eigenvalue weighted by molar-refractivity contribution is 9.10. The zero-order valence-electron chi connectivity index (χ0n) is 14.3. The van der Waals surface area contributed by atoms with Crippen molar-refractivity contribution in [3.63, 3.8) is 0 Å². The molecule has 0 radical (unpaired) electrons. The molecule has 2 aromatic carbocycles. The van der Waals surface area contributed by atoms with Gasteiger partial charge in [0, 0.05) is 26.6 Å². The molecule has 1 aliphatic rings. The summed E-state index contributed by atoms with van der Waals surface area (Å²) in [6.07, 6.45) is 2.09. The smallest absolute Gasteiger partial charge is 0.106 e. The summed E-state index contributed by atoms with van der Waals surface area (Å²) >= 11 is 3.50. The lowest BCUT2D eigenvalue weighted by molar-refractivity contribution is -0.887. The Morgan fingerprint density at radius 2 is 2.00 bits per heavy atom. The number of quaternary nitrogens is 1. The number of aromatic nitrogens is 1. The minimum atomic E-state index is -1.14. The number of hydrogen-bond acceptors (Lipinski definition) is 3. The number of nitrogens with one attached hydrogen (secondary N) is 1. The van der Waals surface area contributed by atoms with Gasteiger partial charge in [-0.3, -0.25) is 0 Å². The average Bonchev–Trinajstić information content (AvgIpc) is 2.59. The third-order valence-electron chi connectivity index (χ3n) is 4.66. The predicted octanol–water partition coefficient (Wildman–Crippen LogP) is 1.93. The van der Waals surface area contributed by atoms with Gasteiger partial charge in [-0.15, -0.1) is 0 Å². The number of carbonyl (C=O) groups excluding carboxylic acids is 1. The lowest BCUT2D eigenvalue weighted by Crippen LogP contribution is -3.08. The van der Waals surface area contributed by atoms with E-state index < -0.39 is 5.97 Å². The van der Waals surface area contributed by atoms with Crippen LogP contribution in [0.4, 0.5) is 0 Å². The molecule has 1 atom stereocenters. The molecule has 4 nitrogen and oxygen atoms in total. The molecule has 0 saturated carbocycles. The van der Waals surface area contributed by atoms with Gasteiger partial charge in [-0.25, -0.2) is 4.98 Å². The maximum absolute atomic E-state index is 11.9. The van der Waals surface area contributed by atoms with E-state index in [0.29, 0.717) is 17.4 Å². The number of para-hydroxylation sites is 1. The largest absolute Gasteiger partial charge is 0.545 e. The van der Waals surface area contributed by atoms with E-state index in [4.69, 9.17) is 4.98 Å². The number of likely N-dealkylation sites (N-methyl/N-ethyl adjacent to an activating group) is 1. The lowest BCUT2D eigenvalue weighted by Gasteiger charge is -2.27. The van der Waals surface area contributed by atoms with Gasteiger partial charge in [-0.1, -0.05) is 46.3 Å². The summed E-state index contributed by atoms with van der Waals surface area (Å²) in [7, 11) is 2.06. The third-order valence-corrected chi connectivity index (χ3v) is 5.16. The Morgan fingerprint density at radius 3 is 2.77 bits per heavy atom. The number of pyridine rings is 1. The molecule has 130 valence electrons. The van der Waals surface area contributed by atoms with Crippen molar-refractivity contribution in [2.45, 2.75) is 6.54 Å². The number of hydrogen-bond donors (Lipinski definition) is 1. The summed E-state index contributed by atoms with van der Waals surface area (Å²) in [5, 5.41) is 12.6. The predicted molar refractivity (Wildman–Crippen MR) is 104 cm³/mol. The molecule has 4 rings (SSSR count). The first-order valence-electron chi connectivity index (χ1n) is 8.43. The molecule has 0 bridgehead atoms. The summed E-state index contributed by atoms with van der Waals surface area (Å²) in [5.41, 5.74) is 4.58. The van der Waals surface area contributed by atoms with Crippen LogP contribution >= 0.6 is 15.9 Å². The van der Waals surface area contributed by atoms with Crippen molar-refractivity contribution in [3.8, 4) is 0 Å². The lowest BCUT2D eigenvalue weighted by atomic mass is 9.92. The van der Waals surface area contributed by atoms with Gasteiger partial charge in [0.05, 0.1) is 24.2 Å². The Labute approximate surface area is 159 Å². The van der Waals surface area contributed by atoms with Crippen LogP contribution in [-0.2, 0) is 6.54 Å². The van der Waals surface area contributed by atoms with Crippen molar-refractivity contribution in [3.05, 3.63) is 75.4 Å². The van der Waals surface area contributed by atoms with E-state index in [9.17, 15) is 9.90 Å². The maximum Gasteiger partial charge on any atom is 0.106 e. The van der Waals surface area contributed by atoms with Gasteiger partial charge in [0.1, 0.15) is 13.1 Å². The number of carboxylic acids is 1. The quantitative estimate of drug-likeness (QED) is 0.704. The van der Waals surface area contributed by atoms with Crippen LogP contribution < -0.4 is 10.0 Å². The Kier molecular flexibility index (Phi) is 4.34. The molecule has 0 fully saturated rings. The van der Waals surface area contributed by atoms with E-state index in [1.807, 2.05) is 42.5 Å². The minimum Gasteiger partial charge on any atom is -0.545 e. The van der Waals surface area contributed by atoms with E-state index in [-0.39, 0.29) is 5.56 Å². The summed E-state index contributed by atoms with van der Waals surface area (Å²) in [6.45, 7) is 1.41. The maximum atomic E-state index is 11.9. The SMILES string of the molecule is C[NH+]1C/C(=C\c2cccc(Br)c2)c2nc3ccccc3c(C(=O)[O-])c2C1. The van der Waals surface area contributed by atoms with Gasteiger partial charge in [0.2, 0.25) is 0 Å². The summed E-state index contributed by atoms with van der Waals surface area (Å²) in [6, 6.07) is 15.4. The van der Waals surface area contributed by atoms with E-state index in [1.54, 1.807) is 6.07 Å². The topological polar surface area (TPSA) is 57.5 Å². The Morgan fingerprint density at radius 1 is 1.19 bits per heavy atom. The van der Waals surface area contributed by atoms with Crippen LogP contribution in [0.25, 0.3) is 22.6 Å². The molecule has 2 heterocycles. The van der Waals surface area contributed by atoms with Crippen molar-refractivity contribution in [2.75, 3.05) is 13.6 Å². The van der Waals surface area contributed by atoms with Gasteiger partial charge < -0.3 is 14.8 Å². The first-order valence-corrected chi connectivity index (χ1v) is 9.23. The Bertz CT molecular complexity index is 1060. The molecule has 0 amide bonds. The third kappa shape index (κ3) is 3.04. The molecule has 0 saturated heterocycles. The summed E-state index contributed by atoms with van der Waals surface area (Å²) in [4.78, 5) is 18.0. The Balaban J connectivity index is 1.99. The first kappa shape index (κ1) is 16.9. The zero-order chi connectivity index (χ0) is 18.3. The number of benzene rings is 2. The van der Waals surface area contributed by atoms with Crippen molar-refractivity contribution < 1.29 is 14.8 Å². The van der Waals surface area contributed by atoms with Crippen molar-refractivity contribution in [1.82, 2.24) is 4.98 Å². The monoisotopic (exact) mass is 408 g/mol. The molecule has 1 aromatic heterocycles. The number of halogens is 1. The molecular weight excluding hydrogens is 392 g/mol. The van der Waals surface area contributed by atoms with Gasteiger partial charge in [0.25, 0.3) is 0 Å². The first-order chi connectivity index (χ1) is 12.5. The van der Waals surface area contributed by atoms with Crippen LogP contribution in [0, 0.1) is 0 Å². The van der Waals surface area contributed by atoms with Gasteiger partial charge in [-0.05, 0) is 29.8 Å². The summed E-state index contributed by atoms with van der Waals surface area (Å²) < 4.78 is 1.01. The molecule has 1 N–H and O–H groups in total. The number of fused-ring (bicyclic) bond motifs is 2. The number of nitrogens with zero attached hydrogens (tertiary/aromatic N) is 1. The van der Waals surface area contributed by atoms with E-state index in [0.717, 1.165) is 33.4 Å². The number of aromatic carboxylic acids is 1. The van der Waals surface area contributed by atoms with E-state index >= 15 is 0 Å². The zero-order valence-corrected chi connectivity index (χ0v) is 15.8. The molecule has 3 aromatic rings. The fraction of sp³-hybridized carbons (Fsp3) is 0.143. The van der Waals surface area contributed by atoms with Crippen LogP contribution in [0.1, 0.15) is 27.2 Å². The highest BCUT2D eigenvalue weighted by Gasteiger charge is 2.27.